The third kappa shape index (κ3) is 4.40. The zero-order valence-corrected chi connectivity index (χ0v) is 10.5. The summed E-state index contributed by atoms with van der Waals surface area (Å²) in [5.74, 6) is -2.11. The molecule has 2 N–H and O–H groups in total. The average Bonchev–Trinajstić information content (AvgIpc) is 2.25. The summed E-state index contributed by atoms with van der Waals surface area (Å²) < 4.78 is 0.772. The number of halogens is 1. The molecule has 0 aromatic heterocycles. The lowest BCUT2D eigenvalue weighted by molar-refractivity contribution is -0.137. The standard InChI is InChI=1S/C12H11BrO4/c13-10-4-2-1-3-8(10)7-9(12(16)17)5-6-11(14)15/h1-4,7H,5-6H2,(H,14,15)(H,16,17)/b9-7+. The largest absolute Gasteiger partial charge is 0.481 e. The van der Waals surface area contributed by atoms with Crippen LogP contribution in [0.4, 0.5) is 0 Å². The van der Waals surface area contributed by atoms with Gasteiger partial charge in [-0.3, -0.25) is 4.79 Å². The van der Waals surface area contributed by atoms with Gasteiger partial charge in [0.25, 0.3) is 0 Å². The Hall–Kier alpha value is -1.62. The van der Waals surface area contributed by atoms with Crippen LogP contribution in [0.25, 0.3) is 6.08 Å². The van der Waals surface area contributed by atoms with Crippen molar-refractivity contribution in [2.75, 3.05) is 0 Å². The van der Waals surface area contributed by atoms with E-state index in [2.05, 4.69) is 15.9 Å². The van der Waals surface area contributed by atoms with Crippen molar-refractivity contribution in [2.45, 2.75) is 12.8 Å². The van der Waals surface area contributed by atoms with Crippen molar-refractivity contribution in [2.24, 2.45) is 0 Å². The highest BCUT2D eigenvalue weighted by molar-refractivity contribution is 9.10. The third-order valence-electron chi connectivity index (χ3n) is 2.12. The lowest BCUT2D eigenvalue weighted by Crippen LogP contribution is -2.04. The molecule has 0 atom stereocenters. The van der Waals surface area contributed by atoms with Crippen LogP contribution in [-0.4, -0.2) is 22.2 Å². The fourth-order valence-electron chi connectivity index (χ4n) is 1.26. The van der Waals surface area contributed by atoms with Crippen LogP contribution in [0.15, 0.2) is 34.3 Å². The fourth-order valence-corrected chi connectivity index (χ4v) is 1.66. The summed E-state index contributed by atoms with van der Waals surface area (Å²) >= 11 is 3.30. The van der Waals surface area contributed by atoms with Gasteiger partial charge in [-0.25, -0.2) is 4.79 Å². The van der Waals surface area contributed by atoms with Crippen LogP contribution >= 0.6 is 15.9 Å². The molecule has 0 unspecified atom stereocenters. The van der Waals surface area contributed by atoms with Gasteiger partial charge in [-0.2, -0.15) is 0 Å². The third-order valence-corrected chi connectivity index (χ3v) is 2.84. The molecule has 0 fully saturated rings. The van der Waals surface area contributed by atoms with Gasteiger partial charge < -0.3 is 10.2 Å². The van der Waals surface area contributed by atoms with E-state index >= 15 is 0 Å². The maximum atomic E-state index is 11.0. The molecule has 0 aliphatic rings. The van der Waals surface area contributed by atoms with Crippen LogP contribution in [-0.2, 0) is 9.59 Å². The van der Waals surface area contributed by atoms with Crippen LogP contribution in [0, 0.1) is 0 Å². The van der Waals surface area contributed by atoms with Gasteiger partial charge >= 0.3 is 11.9 Å². The topological polar surface area (TPSA) is 74.6 Å². The Balaban J connectivity index is 2.94. The number of aliphatic carboxylic acids is 2. The number of hydrogen-bond acceptors (Lipinski definition) is 2. The van der Waals surface area contributed by atoms with E-state index in [-0.39, 0.29) is 18.4 Å². The summed E-state index contributed by atoms with van der Waals surface area (Å²) in [7, 11) is 0. The Morgan fingerprint density at radius 1 is 1.18 bits per heavy atom. The zero-order chi connectivity index (χ0) is 12.8. The molecule has 0 radical (unpaired) electrons. The summed E-state index contributed by atoms with van der Waals surface area (Å²) in [6.07, 6.45) is 1.30. The van der Waals surface area contributed by atoms with E-state index < -0.39 is 11.9 Å². The number of hydrogen-bond donors (Lipinski definition) is 2. The summed E-state index contributed by atoms with van der Waals surface area (Å²) in [6, 6.07) is 7.16. The molecule has 17 heavy (non-hydrogen) atoms. The highest BCUT2D eigenvalue weighted by Crippen LogP contribution is 2.20. The Kier molecular flexibility index (Phi) is 4.90. The van der Waals surface area contributed by atoms with Gasteiger partial charge in [0.15, 0.2) is 0 Å². The normalized spacial score (nSPS) is 11.2. The van der Waals surface area contributed by atoms with Crippen molar-refractivity contribution < 1.29 is 19.8 Å². The van der Waals surface area contributed by atoms with E-state index in [9.17, 15) is 9.59 Å². The number of carbonyl (C=O) groups is 2. The molecule has 1 aromatic carbocycles. The van der Waals surface area contributed by atoms with Crippen molar-refractivity contribution in [1.82, 2.24) is 0 Å². The van der Waals surface area contributed by atoms with E-state index in [1.165, 1.54) is 6.08 Å². The smallest absolute Gasteiger partial charge is 0.331 e. The van der Waals surface area contributed by atoms with Crippen molar-refractivity contribution in [3.8, 4) is 0 Å². The lowest BCUT2D eigenvalue weighted by atomic mass is 10.1. The highest BCUT2D eigenvalue weighted by atomic mass is 79.9. The minimum absolute atomic E-state index is 0.00595. The Morgan fingerprint density at radius 3 is 2.35 bits per heavy atom. The number of carboxylic acid groups (broad SMARTS) is 2. The fraction of sp³-hybridized carbons (Fsp3) is 0.167. The minimum atomic E-state index is -1.10. The van der Waals surface area contributed by atoms with Gasteiger partial charge in [0.1, 0.15) is 0 Å². The van der Waals surface area contributed by atoms with Gasteiger partial charge in [0.05, 0.1) is 0 Å². The Labute approximate surface area is 107 Å². The highest BCUT2D eigenvalue weighted by Gasteiger charge is 2.10. The molecule has 1 rings (SSSR count). The second kappa shape index (κ2) is 6.20. The average molecular weight is 299 g/mol. The van der Waals surface area contributed by atoms with Gasteiger partial charge in [-0.15, -0.1) is 0 Å². The molecule has 90 valence electrons. The monoisotopic (exact) mass is 298 g/mol. The van der Waals surface area contributed by atoms with Crippen LogP contribution in [0.3, 0.4) is 0 Å². The SMILES string of the molecule is O=C(O)CC/C(=C\c1ccccc1Br)C(=O)O. The molecule has 0 aliphatic carbocycles. The maximum absolute atomic E-state index is 11.0. The molecule has 0 heterocycles. The minimum Gasteiger partial charge on any atom is -0.481 e. The van der Waals surface area contributed by atoms with E-state index in [1.54, 1.807) is 18.2 Å². The van der Waals surface area contributed by atoms with E-state index in [0.717, 1.165) is 10.0 Å². The summed E-state index contributed by atoms with van der Waals surface area (Å²) in [5, 5.41) is 17.5. The summed E-state index contributed by atoms with van der Waals surface area (Å²) in [4.78, 5) is 21.4. The van der Waals surface area contributed by atoms with Crippen molar-refractivity contribution in [3.05, 3.63) is 39.9 Å². The second-order valence-electron chi connectivity index (χ2n) is 3.39. The maximum Gasteiger partial charge on any atom is 0.331 e. The molecule has 0 bridgehead atoms. The molecule has 0 saturated carbocycles. The Bertz CT molecular complexity index is 465. The second-order valence-corrected chi connectivity index (χ2v) is 4.24. The predicted octanol–water partition coefficient (Wildman–Crippen LogP) is 2.78. The molecular formula is C12H11BrO4. The lowest BCUT2D eigenvalue weighted by Gasteiger charge is -2.02. The number of carboxylic acids is 2. The first-order valence-corrected chi connectivity index (χ1v) is 5.70. The summed E-state index contributed by atoms with van der Waals surface area (Å²) in [6.45, 7) is 0. The molecule has 0 saturated heterocycles. The molecule has 1 aromatic rings. The quantitative estimate of drug-likeness (QED) is 0.820. The van der Waals surface area contributed by atoms with E-state index in [1.807, 2.05) is 6.07 Å². The first-order valence-electron chi connectivity index (χ1n) is 4.91. The number of rotatable bonds is 5. The van der Waals surface area contributed by atoms with E-state index in [0.29, 0.717) is 0 Å². The van der Waals surface area contributed by atoms with Crippen LogP contribution < -0.4 is 0 Å². The van der Waals surface area contributed by atoms with Crippen LogP contribution in [0.1, 0.15) is 18.4 Å². The molecule has 0 aliphatic heterocycles. The first-order chi connectivity index (χ1) is 8.00. The number of benzene rings is 1. The van der Waals surface area contributed by atoms with Crippen molar-refractivity contribution in [1.29, 1.82) is 0 Å². The van der Waals surface area contributed by atoms with Crippen LogP contribution in [0.5, 0.6) is 0 Å². The molecule has 5 heteroatoms. The van der Waals surface area contributed by atoms with Gasteiger partial charge in [0.2, 0.25) is 0 Å². The Morgan fingerprint density at radius 2 is 1.82 bits per heavy atom. The van der Waals surface area contributed by atoms with Gasteiger partial charge in [-0.05, 0) is 24.1 Å². The molecular weight excluding hydrogens is 288 g/mol. The van der Waals surface area contributed by atoms with Gasteiger partial charge in [0, 0.05) is 16.5 Å². The zero-order valence-electron chi connectivity index (χ0n) is 8.89. The van der Waals surface area contributed by atoms with Crippen LogP contribution in [0.2, 0.25) is 0 Å². The molecule has 4 nitrogen and oxygen atoms in total. The van der Waals surface area contributed by atoms with E-state index in [4.69, 9.17) is 10.2 Å². The van der Waals surface area contributed by atoms with Crippen molar-refractivity contribution in [3.63, 3.8) is 0 Å². The van der Waals surface area contributed by atoms with Gasteiger partial charge in [-0.1, -0.05) is 34.1 Å². The van der Waals surface area contributed by atoms with Crippen molar-refractivity contribution >= 4 is 33.9 Å². The predicted molar refractivity (Wildman–Crippen MR) is 66.6 cm³/mol. The summed E-state index contributed by atoms with van der Waals surface area (Å²) in [5.41, 5.74) is 0.801. The molecule has 0 spiro atoms. The molecule has 0 amide bonds. The first kappa shape index (κ1) is 13.4.